The number of hydrogen-bond donors (Lipinski definition) is 2. The minimum Gasteiger partial charge on any atom is -0.480 e. The van der Waals surface area contributed by atoms with Crippen LogP contribution in [0.15, 0.2) is 54.6 Å². The summed E-state index contributed by atoms with van der Waals surface area (Å²) in [5, 5.41) is 19.6. The summed E-state index contributed by atoms with van der Waals surface area (Å²) >= 11 is 0. The fourth-order valence-electron chi connectivity index (χ4n) is 3.28. The lowest BCUT2D eigenvalue weighted by atomic mass is 10.0. The van der Waals surface area contributed by atoms with E-state index in [0.717, 1.165) is 10.9 Å². The van der Waals surface area contributed by atoms with E-state index in [1.165, 1.54) is 17.9 Å². The number of amides is 1. The summed E-state index contributed by atoms with van der Waals surface area (Å²) in [6.07, 6.45) is -0.0451. The molecule has 0 saturated heterocycles. The molecule has 32 heavy (non-hydrogen) atoms. The van der Waals surface area contributed by atoms with Gasteiger partial charge in [0.1, 0.15) is 6.04 Å². The molecule has 166 valence electrons. The number of carboxylic acid groups (broad SMARTS) is 2. The number of fused-ring (bicyclic) bond motifs is 1. The Hall–Kier alpha value is -3.94. The van der Waals surface area contributed by atoms with Crippen molar-refractivity contribution in [3.63, 3.8) is 0 Å². The van der Waals surface area contributed by atoms with Gasteiger partial charge in [-0.05, 0) is 43.2 Å². The molecule has 3 rings (SSSR count). The van der Waals surface area contributed by atoms with Gasteiger partial charge in [-0.2, -0.15) is 0 Å². The molecule has 2 N–H and O–H groups in total. The van der Waals surface area contributed by atoms with Gasteiger partial charge >= 0.3 is 18.0 Å². The Labute approximate surface area is 185 Å². The van der Waals surface area contributed by atoms with Gasteiger partial charge in [0.25, 0.3) is 0 Å². The highest BCUT2D eigenvalue weighted by Crippen LogP contribution is 2.25. The van der Waals surface area contributed by atoms with Gasteiger partial charge in [-0.25, -0.2) is 19.4 Å². The Balaban J connectivity index is 1.91. The van der Waals surface area contributed by atoms with Crippen LogP contribution >= 0.6 is 0 Å². The van der Waals surface area contributed by atoms with Gasteiger partial charge in [0.15, 0.2) is 0 Å². The lowest BCUT2D eigenvalue weighted by Gasteiger charge is -2.26. The Bertz CT molecular complexity index is 1160. The van der Waals surface area contributed by atoms with Crippen molar-refractivity contribution in [3.8, 4) is 11.3 Å². The third-order valence-corrected chi connectivity index (χ3v) is 5.03. The maximum Gasteiger partial charge on any atom is 0.410 e. The molecular formula is C24H24N2O6. The molecule has 0 spiro atoms. The number of carboxylic acids is 2. The van der Waals surface area contributed by atoms with Crippen LogP contribution < -0.4 is 0 Å². The Morgan fingerprint density at radius 3 is 2.50 bits per heavy atom. The van der Waals surface area contributed by atoms with Crippen LogP contribution in [-0.2, 0) is 16.1 Å². The first kappa shape index (κ1) is 22.7. The summed E-state index contributed by atoms with van der Waals surface area (Å²) in [5.74, 6) is -2.15. The number of rotatable bonds is 8. The van der Waals surface area contributed by atoms with Gasteiger partial charge < -0.3 is 14.9 Å². The number of aromatic carboxylic acids is 1. The summed E-state index contributed by atoms with van der Waals surface area (Å²) in [5.41, 5.74) is 2.59. The molecule has 1 amide bonds. The van der Waals surface area contributed by atoms with E-state index in [9.17, 15) is 24.6 Å². The number of carbonyl (C=O) groups excluding carboxylic acids is 1. The molecule has 0 aliphatic carbocycles. The van der Waals surface area contributed by atoms with Crippen LogP contribution in [0.25, 0.3) is 22.2 Å². The molecular weight excluding hydrogens is 412 g/mol. The Morgan fingerprint density at radius 1 is 1.06 bits per heavy atom. The third-order valence-electron chi connectivity index (χ3n) is 5.03. The van der Waals surface area contributed by atoms with Gasteiger partial charge in [-0.1, -0.05) is 37.3 Å². The summed E-state index contributed by atoms with van der Waals surface area (Å²) in [6, 6.07) is 14.5. The summed E-state index contributed by atoms with van der Waals surface area (Å²) in [6.45, 7) is 3.57. The molecule has 0 saturated carbocycles. The van der Waals surface area contributed by atoms with Crippen LogP contribution in [0.2, 0.25) is 0 Å². The van der Waals surface area contributed by atoms with E-state index in [1.54, 1.807) is 36.4 Å². The van der Waals surface area contributed by atoms with Gasteiger partial charge in [0, 0.05) is 17.5 Å². The molecule has 0 unspecified atom stereocenters. The molecule has 0 fully saturated rings. The van der Waals surface area contributed by atoms with E-state index in [-0.39, 0.29) is 18.7 Å². The van der Waals surface area contributed by atoms with Crippen molar-refractivity contribution in [1.29, 1.82) is 0 Å². The molecule has 0 bridgehead atoms. The number of aromatic nitrogens is 1. The smallest absolute Gasteiger partial charge is 0.410 e. The van der Waals surface area contributed by atoms with Crippen molar-refractivity contribution in [2.24, 2.45) is 0 Å². The molecule has 0 aliphatic heterocycles. The van der Waals surface area contributed by atoms with E-state index in [0.29, 0.717) is 23.2 Å². The molecule has 1 heterocycles. The molecule has 0 aliphatic rings. The average Bonchev–Trinajstić information content (AvgIpc) is 2.80. The van der Waals surface area contributed by atoms with Crippen molar-refractivity contribution in [1.82, 2.24) is 9.88 Å². The first-order valence-corrected chi connectivity index (χ1v) is 10.2. The quantitative estimate of drug-likeness (QED) is 0.537. The predicted octanol–water partition coefficient (Wildman–Crippen LogP) is 4.42. The van der Waals surface area contributed by atoms with E-state index in [4.69, 9.17) is 4.74 Å². The van der Waals surface area contributed by atoms with Crippen molar-refractivity contribution in [2.45, 2.75) is 32.9 Å². The zero-order valence-corrected chi connectivity index (χ0v) is 17.8. The zero-order valence-electron chi connectivity index (χ0n) is 17.8. The number of pyridine rings is 1. The molecule has 3 aromatic rings. The van der Waals surface area contributed by atoms with E-state index >= 15 is 0 Å². The largest absolute Gasteiger partial charge is 0.480 e. The van der Waals surface area contributed by atoms with Crippen LogP contribution in [0.3, 0.4) is 0 Å². The van der Waals surface area contributed by atoms with Gasteiger partial charge in [0.2, 0.25) is 0 Å². The number of ether oxygens (including phenoxy) is 1. The first-order valence-electron chi connectivity index (χ1n) is 10.2. The van der Waals surface area contributed by atoms with Crippen molar-refractivity contribution >= 4 is 28.9 Å². The monoisotopic (exact) mass is 436 g/mol. The first-order chi connectivity index (χ1) is 15.3. The number of aliphatic carboxylic acids is 1. The Morgan fingerprint density at radius 2 is 1.81 bits per heavy atom. The molecule has 1 aromatic heterocycles. The molecule has 0 radical (unpaired) electrons. The van der Waals surface area contributed by atoms with Crippen LogP contribution in [0.1, 0.15) is 36.2 Å². The second kappa shape index (κ2) is 9.91. The normalized spacial score (nSPS) is 11.7. The second-order valence-electron chi connectivity index (χ2n) is 7.33. The van der Waals surface area contributed by atoms with Crippen molar-refractivity contribution < 1.29 is 29.3 Å². The van der Waals surface area contributed by atoms with Gasteiger partial charge in [-0.3, -0.25) is 4.90 Å². The standard InChI is InChI=1S/C24H24N2O6/c1-3-12-32-24(31)26(15(2)22(27)28)14-16-8-10-20-17(13-16)9-11-21(25-20)18-6-4-5-7-19(18)23(29)30/h4-11,13,15H,3,12,14H2,1-2H3,(H,27,28)(H,29,30)/t15-/m0/s1. The number of nitrogens with zero attached hydrogens (tertiary/aromatic N) is 2. The zero-order chi connectivity index (χ0) is 23.3. The maximum absolute atomic E-state index is 12.4. The van der Waals surface area contributed by atoms with Crippen LogP contribution in [-0.4, -0.2) is 50.8 Å². The van der Waals surface area contributed by atoms with Crippen LogP contribution in [0, 0.1) is 0 Å². The van der Waals surface area contributed by atoms with E-state index in [2.05, 4.69) is 4.98 Å². The summed E-state index contributed by atoms with van der Waals surface area (Å²) in [7, 11) is 0. The minimum absolute atomic E-state index is 0.0650. The van der Waals surface area contributed by atoms with Gasteiger partial charge in [-0.15, -0.1) is 0 Å². The Kier molecular flexibility index (Phi) is 7.04. The molecule has 8 heteroatoms. The highest BCUT2D eigenvalue weighted by Gasteiger charge is 2.27. The number of hydrogen-bond acceptors (Lipinski definition) is 5. The fraction of sp³-hybridized carbons (Fsp3) is 0.250. The van der Waals surface area contributed by atoms with Crippen LogP contribution in [0.4, 0.5) is 4.79 Å². The number of carbonyl (C=O) groups is 3. The van der Waals surface area contributed by atoms with Crippen molar-refractivity contribution in [2.75, 3.05) is 6.61 Å². The van der Waals surface area contributed by atoms with E-state index < -0.39 is 24.1 Å². The lowest BCUT2D eigenvalue weighted by molar-refractivity contribution is -0.142. The highest BCUT2D eigenvalue weighted by molar-refractivity contribution is 5.96. The third kappa shape index (κ3) is 5.03. The van der Waals surface area contributed by atoms with Gasteiger partial charge in [0.05, 0.1) is 23.4 Å². The average molecular weight is 436 g/mol. The van der Waals surface area contributed by atoms with Crippen molar-refractivity contribution in [3.05, 3.63) is 65.7 Å². The summed E-state index contributed by atoms with van der Waals surface area (Å²) < 4.78 is 5.14. The maximum atomic E-state index is 12.4. The minimum atomic E-state index is -1.12. The van der Waals surface area contributed by atoms with Crippen LogP contribution in [0.5, 0.6) is 0 Å². The fourth-order valence-corrected chi connectivity index (χ4v) is 3.28. The highest BCUT2D eigenvalue weighted by atomic mass is 16.6. The predicted molar refractivity (Wildman–Crippen MR) is 118 cm³/mol. The topological polar surface area (TPSA) is 117 Å². The lowest BCUT2D eigenvalue weighted by Crippen LogP contribution is -2.43. The summed E-state index contributed by atoms with van der Waals surface area (Å²) in [4.78, 5) is 41.1. The molecule has 8 nitrogen and oxygen atoms in total. The SMILES string of the molecule is CCCOC(=O)N(Cc1ccc2nc(-c3ccccc3C(=O)O)ccc2c1)[C@@H](C)C(=O)O. The second-order valence-corrected chi connectivity index (χ2v) is 7.33. The van der Waals surface area contributed by atoms with E-state index in [1.807, 2.05) is 19.1 Å². The molecule has 2 aromatic carbocycles. The molecule has 1 atom stereocenters. The number of benzene rings is 2.